The van der Waals surface area contributed by atoms with E-state index in [1.165, 1.54) is 0 Å². The number of hydrogen-bond donors (Lipinski definition) is 0. The second-order valence-corrected chi connectivity index (χ2v) is 6.31. The number of benzene rings is 1. The van der Waals surface area contributed by atoms with Crippen LogP contribution < -0.4 is 0 Å². The molecule has 1 aliphatic heterocycles. The second kappa shape index (κ2) is 6.89. The molecule has 1 amide bonds. The standard InChI is InChI=1S/C20H20N4O/c25-20(9-8-16-5-4-10-21-13-16)24-15-19-22-11-12-23(19)14-18(24)17-6-2-1-3-7-17/h1-7,10-13,18H,8-9,14-15H2/t18-/m0/s1. The number of fused-ring (bicyclic) bond motifs is 1. The minimum absolute atomic E-state index is 0.0456. The van der Waals surface area contributed by atoms with E-state index in [4.69, 9.17) is 0 Å². The van der Waals surface area contributed by atoms with Gasteiger partial charge in [-0.05, 0) is 23.6 Å². The van der Waals surface area contributed by atoms with Crippen molar-refractivity contribution in [2.45, 2.75) is 32.0 Å². The fourth-order valence-electron chi connectivity index (χ4n) is 3.37. The molecule has 5 nitrogen and oxygen atoms in total. The zero-order valence-electron chi connectivity index (χ0n) is 14.0. The first kappa shape index (κ1) is 15.6. The average Bonchev–Trinajstić information content (AvgIpc) is 3.14. The zero-order chi connectivity index (χ0) is 17.1. The Hall–Kier alpha value is -2.95. The van der Waals surface area contributed by atoms with Gasteiger partial charge in [-0.2, -0.15) is 0 Å². The van der Waals surface area contributed by atoms with Crippen LogP contribution in [0.2, 0.25) is 0 Å². The monoisotopic (exact) mass is 332 g/mol. The average molecular weight is 332 g/mol. The molecule has 0 saturated heterocycles. The van der Waals surface area contributed by atoms with Gasteiger partial charge < -0.3 is 9.47 Å². The maximum absolute atomic E-state index is 13.0. The van der Waals surface area contributed by atoms with Gasteiger partial charge in [0, 0.05) is 37.8 Å². The predicted molar refractivity (Wildman–Crippen MR) is 94.5 cm³/mol. The molecule has 0 saturated carbocycles. The first-order valence-electron chi connectivity index (χ1n) is 8.54. The number of aromatic nitrogens is 3. The summed E-state index contributed by atoms with van der Waals surface area (Å²) in [5.41, 5.74) is 2.25. The predicted octanol–water partition coefficient (Wildman–Crippen LogP) is 2.99. The number of hydrogen-bond acceptors (Lipinski definition) is 3. The number of amides is 1. The number of aryl methyl sites for hydroxylation is 1. The molecule has 2 aromatic heterocycles. The third-order valence-electron chi connectivity index (χ3n) is 4.71. The molecule has 1 aromatic carbocycles. The van der Waals surface area contributed by atoms with Gasteiger partial charge in [-0.1, -0.05) is 36.4 Å². The van der Waals surface area contributed by atoms with E-state index in [2.05, 4.69) is 26.7 Å². The third kappa shape index (κ3) is 3.31. The maximum Gasteiger partial charge on any atom is 0.223 e. The van der Waals surface area contributed by atoms with E-state index >= 15 is 0 Å². The fourth-order valence-corrected chi connectivity index (χ4v) is 3.37. The van der Waals surface area contributed by atoms with Crippen LogP contribution in [-0.2, 0) is 24.3 Å². The summed E-state index contributed by atoms with van der Waals surface area (Å²) in [6.45, 7) is 1.30. The molecule has 4 rings (SSSR count). The highest BCUT2D eigenvalue weighted by atomic mass is 16.2. The smallest absolute Gasteiger partial charge is 0.223 e. The Kier molecular flexibility index (Phi) is 4.29. The summed E-state index contributed by atoms with van der Waals surface area (Å²) >= 11 is 0. The Morgan fingerprint density at radius 1 is 1.12 bits per heavy atom. The first-order valence-corrected chi connectivity index (χ1v) is 8.54. The van der Waals surface area contributed by atoms with Crippen LogP contribution in [0.4, 0.5) is 0 Å². The Balaban J connectivity index is 1.55. The van der Waals surface area contributed by atoms with Gasteiger partial charge in [0.2, 0.25) is 5.91 Å². The second-order valence-electron chi connectivity index (χ2n) is 6.31. The lowest BCUT2D eigenvalue weighted by Gasteiger charge is -2.36. The summed E-state index contributed by atoms with van der Waals surface area (Å²) in [7, 11) is 0. The van der Waals surface area contributed by atoms with Gasteiger partial charge in [-0.15, -0.1) is 0 Å². The van der Waals surface area contributed by atoms with Crippen LogP contribution in [0.5, 0.6) is 0 Å². The molecule has 126 valence electrons. The summed E-state index contributed by atoms with van der Waals surface area (Å²) in [6.07, 6.45) is 8.56. The van der Waals surface area contributed by atoms with Crippen molar-refractivity contribution >= 4 is 5.91 Å². The molecule has 3 heterocycles. The van der Waals surface area contributed by atoms with Gasteiger partial charge in [0.15, 0.2) is 0 Å². The van der Waals surface area contributed by atoms with E-state index in [0.717, 1.165) is 23.5 Å². The SMILES string of the molecule is O=C(CCc1cccnc1)N1Cc2nccn2C[C@H]1c1ccccc1. The van der Waals surface area contributed by atoms with Crippen LogP contribution in [0.3, 0.4) is 0 Å². The van der Waals surface area contributed by atoms with Crippen LogP contribution in [0, 0.1) is 0 Å². The van der Waals surface area contributed by atoms with Crippen LogP contribution in [0.15, 0.2) is 67.3 Å². The first-order chi connectivity index (χ1) is 12.3. The molecule has 0 unspecified atom stereocenters. The van der Waals surface area contributed by atoms with Crippen LogP contribution in [-0.4, -0.2) is 25.3 Å². The molecule has 0 N–H and O–H groups in total. The van der Waals surface area contributed by atoms with E-state index in [9.17, 15) is 4.79 Å². The van der Waals surface area contributed by atoms with E-state index < -0.39 is 0 Å². The Labute approximate surface area is 147 Å². The largest absolute Gasteiger partial charge is 0.331 e. The van der Waals surface area contributed by atoms with Crippen LogP contribution in [0.1, 0.15) is 29.4 Å². The fraction of sp³-hybridized carbons (Fsp3) is 0.250. The molecule has 0 bridgehead atoms. The van der Waals surface area contributed by atoms with E-state index in [1.807, 2.05) is 47.6 Å². The lowest BCUT2D eigenvalue weighted by atomic mass is 10.0. The van der Waals surface area contributed by atoms with Crippen molar-refractivity contribution in [3.05, 3.63) is 84.2 Å². The van der Waals surface area contributed by atoms with Gasteiger partial charge in [0.05, 0.1) is 12.6 Å². The molecule has 0 radical (unpaired) electrons. The quantitative estimate of drug-likeness (QED) is 0.738. The Morgan fingerprint density at radius 2 is 2.00 bits per heavy atom. The Morgan fingerprint density at radius 3 is 2.80 bits per heavy atom. The van der Waals surface area contributed by atoms with Gasteiger partial charge >= 0.3 is 0 Å². The van der Waals surface area contributed by atoms with E-state index in [0.29, 0.717) is 19.4 Å². The van der Waals surface area contributed by atoms with Crippen molar-refractivity contribution in [3.8, 4) is 0 Å². The van der Waals surface area contributed by atoms with Crippen LogP contribution in [0.25, 0.3) is 0 Å². The summed E-state index contributed by atoms with van der Waals surface area (Å²) in [5.74, 6) is 1.11. The molecule has 0 fully saturated rings. The molecular weight excluding hydrogens is 312 g/mol. The normalized spacial score (nSPS) is 16.5. The number of rotatable bonds is 4. The van der Waals surface area contributed by atoms with Gasteiger partial charge in [0.1, 0.15) is 5.82 Å². The van der Waals surface area contributed by atoms with Crippen molar-refractivity contribution < 1.29 is 4.79 Å². The molecule has 3 aromatic rings. The molecule has 5 heteroatoms. The van der Waals surface area contributed by atoms with Gasteiger partial charge in [-0.3, -0.25) is 9.78 Å². The summed E-state index contributed by atoms with van der Waals surface area (Å²) in [5, 5.41) is 0. The lowest BCUT2D eigenvalue weighted by Crippen LogP contribution is -2.41. The van der Waals surface area contributed by atoms with E-state index in [1.54, 1.807) is 12.4 Å². The molecule has 0 aliphatic carbocycles. The number of carbonyl (C=O) groups excluding carboxylic acids is 1. The molecule has 1 aliphatic rings. The molecular formula is C20H20N4O. The number of pyridine rings is 1. The number of nitrogens with zero attached hydrogens (tertiary/aromatic N) is 4. The van der Waals surface area contributed by atoms with Crippen LogP contribution >= 0.6 is 0 Å². The van der Waals surface area contributed by atoms with Gasteiger partial charge in [0.25, 0.3) is 0 Å². The molecule has 0 spiro atoms. The van der Waals surface area contributed by atoms with Crippen molar-refractivity contribution in [1.82, 2.24) is 19.4 Å². The highest BCUT2D eigenvalue weighted by Crippen LogP contribution is 2.29. The maximum atomic E-state index is 13.0. The topological polar surface area (TPSA) is 51.0 Å². The van der Waals surface area contributed by atoms with Crippen molar-refractivity contribution in [3.63, 3.8) is 0 Å². The van der Waals surface area contributed by atoms with E-state index in [-0.39, 0.29) is 11.9 Å². The van der Waals surface area contributed by atoms with Gasteiger partial charge in [-0.25, -0.2) is 4.98 Å². The minimum Gasteiger partial charge on any atom is -0.331 e. The molecule has 25 heavy (non-hydrogen) atoms. The third-order valence-corrected chi connectivity index (χ3v) is 4.71. The summed E-state index contributed by atoms with van der Waals surface area (Å²) < 4.78 is 2.14. The molecule has 1 atom stereocenters. The highest BCUT2D eigenvalue weighted by Gasteiger charge is 2.30. The highest BCUT2D eigenvalue weighted by molar-refractivity contribution is 5.77. The lowest BCUT2D eigenvalue weighted by molar-refractivity contribution is -0.135. The summed E-state index contributed by atoms with van der Waals surface area (Å²) in [6, 6.07) is 14.2. The van der Waals surface area contributed by atoms with Crippen molar-refractivity contribution in [1.29, 1.82) is 0 Å². The number of imidazole rings is 1. The van der Waals surface area contributed by atoms with Crippen molar-refractivity contribution in [2.24, 2.45) is 0 Å². The summed E-state index contributed by atoms with van der Waals surface area (Å²) in [4.78, 5) is 23.4. The minimum atomic E-state index is 0.0456. The zero-order valence-corrected chi connectivity index (χ0v) is 14.0. The Bertz CT molecular complexity index is 844. The number of carbonyl (C=O) groups is 1. The van der Waals surface area contributed by atoms with Crippen molar-refractivity contribution in [2.75, 3.05) is 0 Å².